The zero-order valence-corrected chi connectivity index (χ0v) is 11.0. The summed E-state index contributed by atoms with van der Waals surface area (Å²) in [6.07, 6.45) is 2.33. The van der Waals surface area contributed by atoms with Crippen LogP contribution in [0, 0.1) is 0 Å². The molecule has 0 saturated carbocycles. The van der Waals surface area contributed by atoms with Gasteiger partial charge in [0.25, 0.3) is 0 Å². The van der Waals surface area contributed by atoms with E-state index >= 15 is 0 Å². The number of benzene rings is 1. The van der Waals surface area contributed by atoms with Gasteiger partial charge in [0.05, 0.1) is 11.7 Å². The summed E-state index contributed by atoms with van der Waals surface area (Å²) in [5, 5.41) is 19.8. The SMILES string of the molecule is COC1CCN(C(C)c2c(O)cccc2O)CC1. The monoisotopic (exact) mass is 251 g/mol. The van der Waals surface area contributed by atoms with E-state index in [4.69, 9.17) is 4.74 Å². The maximum Gasteiger partial charge on any atom is 0.124 e. The Balaban J connectivity index is 2.10. The number of rotatable bonds is 3. The van der Waals surface area contributed by atoms with Crippen molar-refractivity contribution >= 4 is 0 Å². The molecule has 1 saturated heterocycles. The van der Waals surface area contributed by atoms with Crippen LogP contribution in [0.25, 0.3) is 0 Å². The Morgan fingerprint density at radius 3 is 2.28 bits per heavy atom. The van der Waals surface area contributed by atoms with Crippen LogP contribution in [0.2, 0.25) is 0 Å². The molecule has 1 aliphatic heterocycles. The minimum atomic E-state index is 0.0176. The van der Waals surface area contributed by atoms with E-state index in [9.17, 15) is 10.2 Å². The topological polar surface area (TPSA) is 52.9 Å². The highest BCUT2D eigenvalue weighted by atomic mass is 16.5. The summed E-state index contributed by atoms with van der Waals surface area (Å²) >= 11 is 0. The van der Waals surface area contributed by atoms with Crippen LogP contribution in [0.1, 0.15) is 31.4 Å². The molecule has 0 amide bonds. The van der Waals surface area contributed by atoms with E-state index < -0.39 is 0 Å². The van der Waals surface area contributed by atoms with Gasteiger partial charge in [0.2, 0.25) is 0 Å². The largest absolute Gasteiger partial charge is 0.507 e. The number of methoxy groups -OCH3 is 1. The molecule has 4 heteroatoms. The summed E-state index contributed by atoms with van der Waals surface area (Å²) in [6, 6.07) is 4.91. The highest BCUT2D eigenvalue weighted by molar-refractivity contribution is 5.45. The molecule has 0 spiro atoms. The molecule has 1 fully saturated rings. The van der Waals surface area contributed by atoms with Gasteiger partial charge in [0, 0.05) is 26.2 Å². The van der Waals surface area contributed by atoms with E-state index in [-0.39, 0.29) is 17.5 Å². The van der Waals surface area contributed by atoms with Gasteiger partial charge in [-0.15, -0.1) is 0 Å². The lowest BCUT2D eigenvalue weighted by atomic mass is 10.00. The summed E-state index contributed by atoms with van der Waals surface area (Å²) in [6.45, 7) is 3.86. The van der Waals surface area contributed by atoms with E-state index in [2.05, 4.69) is 4.90 Å². The number of piperidine rings is 1. The summed E-state index contributed by atoms with van der Waals surface area (Å²) in [7, 11) is 1.75. The number of hydrogen-bond donors (Lipinski definition) is 2. The Bertz CT molecular complexity index is 380. The lowest BCUT2D eigenvalue weighted by molar-refractivity contribution is 0.0289. The summed E-state index contributed by atoms with van der Waals surface area (Å²) in [5.74, 6) is 0.327. The van der Waals surface area contributed by atoms with Gasteiger partial charge in [-0.05, 0) is 31.9 Å². The summed E-state index contributed by atoms with van der Waals surface area (Å²) in [4.78, 5) is 2.27. The number of ether oxygens (including phenoxy) is 1. The van der Waals surface area contributed by atoms with Crippen molar-refractivity contribution in [2.45, 2.75) is 31.9 Å². The van der Waals surface area contributed by atoms with Gasteiger partial charge in [0.15, 0.2) is 0 Å². The van der Waals surface area contributed by atoms with Crippen LogP contribution in [0.3, 0.4) is 0 Å². The first-order chi connectivity index (χ1) is 8.63. The number of phenolic OH excluding ortho intramolecular Hbond substituents is 2. The van der Waals surface area contributed by atoms with Crippen molar-refractivity contribution in [3.05, 3.63) is 23.8 Å². The maximum atomic E-state index is 9.88. The van der Waals surface area contributed by atoms with Crippen LogP contribution in [0.4, 0.5) is 0 Å². The van der Waals surface area contributed by atoms with Gasteiger partial charge >= 0.3 is 0 Å². The van der Waals surface area contributed by atoms with Gasteiger partial charge in [-0.3, -0.25) is 4.90 Å². The van der Waals surface area contributed by atoms with E-state index in [1.807, 2.05) is 6.92 Å². The molecule has 0 aliphatic carbocycles. The number of nitrogens with zero attached hydrogens (tertiary/aromatic N) is 1. The molecule has 100 valence electrons. The Kier molecular flexibility index (Phi) is 4.09. The third kappa shape index (κ3) is 2.60. The van der Waals surface area contributed by atoms with Crippen molar-refractivity contribution in [2.75, 3.05) is 20.2 Å². The number of likely N-dealkylation sites (tertiary alicyclic amines) is 1. The standard InChI is InChI=1S/C14H21NO3/c1-10(14-12(16)4-3-5-13(14)17)15-8-6-11(18-2)7-9-15/h3-5,10-11,16-17H,6-9H2,1-2H3. The lowest BCUT2D eigenvalue weighted by Crippen LogP contribution is -2.38. The fraction of sp³-hybridized carbons (Fsp3) is 0.571. The van der Waals surface area contributed by atoms with Crippen LogP contribution in [0.15, 0.2) is 18.2 Å². The maximum absolute atomic E-state index is 9.88. The zero-order valence-electron chi connectivity index (χ0n) is 11.0. The van der Waals surface area contributed by atoms with Crippen LogP contribution in [0.5, 0.6) is 11.5 Å². The molecule has 1 aliphatic rings. The fourth-order valence-corrected chi connectivity index (χ4v) is 2.65. The molecule has 1 aromatic carbocycles. The molecular weight excluding hydrogens is 230 g/mol. The van der Waals surface area contributed by atoms with Crippen molar-refractivity contribution < 1.29 is 14.9 Å². The zero-order chi connectivity index (χ0) is 13.1. The van der Waals surface area contributed by atoms with Crippen molar-refractivity contribution in [1.82, 2.24) is 4.90 Å². The molecule has 1 aromatic rings. The second-order valence-electron chi connectivity index (χ2n) is 4.86. The Labute approximate surface area is 108 Å². The molecule has 0 aromatic heterocycles. The minimum absolute atomic E-state index is 0.0176. The van der Waals surface area contributed by atoms with Gasteiger partial charge in [0.1, 0.15) is 11.5 Å². The molecule has 1 heterocycles. The number of hydrogen-bond acceptors (Lipinski definition) is 4. The smallest absolute Gasteiger partial charge is 0.124 e. The lowest BCUT2D eigenvalue weighted by Gasteiger charge is -2.36. The molecule has 4 nitrogen and oxygen atoms in total. The van der Waals surface area contributed by atoms with Crippen LogP contribution < -0.4 is 0 Å². The first kappa shape index (κ1) is 13.2. The van der Waals surface area contributed by atoms with E-state index in [1.165, 1.54) is 0 Å². The summed E-state index contributed by atoms with van der Waals surface area (Å²) in [5.41, 5.74) is 0.619. The molecule has 2 N–H and O–H groups in total. The van der Waals surface area contributed by atoms with Gasteiger partial charge in [-0.1, -0.05) is 6.07 Å². The first-order valence-electron chi connectivity index (χ1n) is 6.41. The van der Waals surface area contributed by atoms with Crippen LogP contribution in [-0.2, 0) is 4.74 Å². The Hall–Kier alpha value is -1.26. The quantitative estimate of drug-likeness (QED) is 0.865. The van der Waals surface area contributed by atoms with Crippen molar-refractivity contribution in [1.29, 1.82) is 0 Å². The normalized spacial score (nSPS) is 19.9. The van der Waals surface area contributed by atoms with Crippen LogP contribution in [-0.4, -0.2) is 41.4 Å². The number of phenols is 2. The highest BCUT2D eigenvalue weighted by Gasteiger charge is 2.26. The van der Waals surface area contributed by atoms with Gasteiger partial charge in [-0.25, -0.2) is 0 Å². The molecule has 18 heavy (non-hydrogen) atoms. The van der Waals surface area contributed by atoms with E-state index in [0.29, 0.717) is 11.7 Å². The third-order valence-electron chi connectivity index (χ3n) is 3.84. The van der Waals surface area contributed by atoms with E-state index in [1.54, 1.807) is 25.3 Å². The second kappa shape index (κ2) is 5.59. The average Bonchev–Trinajstić information content (AvgIpc) is 2.38. The van der Waals surface area contributed by atoms with Gasteiger partial charge < -0.3 is 14.9 Å². The van der Waals surface area contributed by atoms with Crippen LogP contribution >= 0.6 is 0 Å². The molecule has 0 radical (unpaired) electrons. The Morgan fingerprint density at radius 1 is 1.22 bits per heavy atom. The first-order valence-corrected chi connectivity index (χ1v) is 6.41. The predicted molar refractivity (Wildman–Crippen MR) is 69.8 cm³/mol. The average molecular weight is 251 g/mol. The minimum Gasteiger partial charge on any atom is -0.507 e. The van der Waals surface area contributed by atoms with Crippen molar-refractivity contribution in [3.8, 4) is 11.5 Å². The highest BCUT2D eigenvalue weighted by Crippen LogP contribution is 2.36. The molecule has 1 unspecified atom stereocenters. The van der Waals surface area contributed by atoms with Crippen molar-refractivity contribution in [2.24, 2.45) is 0 Å². The molecule has 1 atom stereocenters. The van der Waals surface area contributed by atoms with Gasteiger partial charge in [-0.2, -0.15) is 0 Å². The van der Waals surface area contributed by atoms with Crippen molar-refractivity contribution in [3.63, 3.8) is 0 Å². The second-order valence-corrected chi connectivity index (χ2v) is 4.86. The molecular formula is C14H21NO3. The fourth-order valence-electron chi connectivity index (χ4n) is 2.65. The molecule has 0 bridgehead atoms. The summed E-state index contributed by atoms with van der Waals surface area (Å²) < 4.78 is 5.35. The van der Waals surface area contributed by atoms with E-state index in [0.717, 1.165) is 25.9 Å². The number of aromatic hydroxyl groups is 2. The predicted octanol–water partition coefficient (Wildman–Crippen LogP) is 2.27. The Morgan fingerprint density at radius 2 is 1.78 bits per heavy atom. The molecule has 2 rings (SSSR count). The third-order valence-corrected chi connectivity index (χ3v) is 3.84.